The fraction of sp³-hybridized carbons (Fsp3) is 0.286. The Morgan fingerprint density at radius 3 is 2.12 bits per heavy atom. The third-order valence-corrected chi connectivity index (χ3v) is 4.75. The molecule has 26 heavy (non-hydrogen) atoms. The number of rotatable bonds is 3. The van der Waals surface area contributed by atoms with Crippen LogP contribution in [0.25, 0.3) is 0 Å². The normalized spacial score (nSPS) is 15.3. The number of non-ortho nitro benzene ring substituents is 1. The second kappa shape index (κ2) is 7.84. The van der Waals surface area contributed by atoms with Crippen LogP contribution in [0.1, 0.15) is 29.3 Å². The van der Waals surface area contributed by atoms with Gasteiger partial charge in [-0.1, -0.05) is 0 Å². The maximum atomic E-state index is 10.4. The molecule has 1 aliphatic rings. The number of hydrogen-bond acceptors (Lipinski definition) is 9. The molecule has 1 atom stereocenters. The van der Waals surface area contributed by atoms with E-state index in [-0.39, 0.29) is 0 Å². The molecular formula is C14H14N4O7S. The van der Waals surface area contributed by atoms with Crippen molar-refractivity contribution in [3.8, 4) is 5.75 Å². The van der Waals surface area contributed by atoms with Crippen molar-refractivity contribution in [1.29, 1.82) is 0 Å². The van der Waals surface area contributed by atoms with E-state index in [1.165, 1.54) is 29.7 Å². The smallest absolute Gasteiger partial charge is 0.324 e. The van der Waals surface area contributed by atoms with Gasteiger partial charge < -0.3 is 10.8 Å². The van der Waals surface area contributed by atoms with Gasteiger partial charge in [-0.3, -0.25) is 30.3 Å². The minimum Gasteiger partial charge on any atom is -0.497 e. The molecule has 138 valence electrons. The quantitative estimate of drug-likeness (QED) is 0.600. The van der Waals surface area contributed by atoms with Crippen LogP contribution in [0.3, 0.4) is 0 Å². The molecule has 2 aromatic rings. The predicted octanol–water partition coefficient (Wildman–Crippen LogP) is 3.20. The summed E-state index contributed by atoms with van der Waals surface area (Å²) in [6, 6.07) is 3.39. The maximum absolute atomic E-state index is 10.4. The highest BCUT2D eigenvalue weighted by atomic mass is 32.1. The second-order valence-electron chi connectivity index (χ2n) is 5.40. The minimum absolute atomic E-state index is 0.329. The monoisotopic (exact) mass is 382 g/mol. The topological polar surface area (TPSA) is 176 Å². The number of nitrogens with zero attached hydrogens (tertiary/aromatic N) is 3. The second-order valence-corrected chi connectivity index (χ2v) is 6.40. The number of nitrogens with two attached hydrogens (primary N) is 1. The molecule has 1 unspecified atom stereocenters. The Morgan fingerprint density at radius 1 is 1.08 bits per heavy atom. The van der Waals surface area contributed by atoms with E-state index in [1.807, 2.05) is 11.3 Å². The summed E-state index contributed by atoms with van der Waals surface area (Å²) in [5.74, 6) is -1.21. The first-order valence-electron chi connectivity index (χ1n) is 7.34. The first-order valence-corrected chi connectivity index (χ1v) is 8.22. The van der Waals surface area contributed by atoms with E-state index < -0.39 is 37.6 Å². The van der Waals surface area contributed by atoms with E-state index in [0.717, 1.165) is 0 Å². The molecule has 1 aromatic carbocycles. The van der Waals surface area contributed by atoms with Crippen LogP contribution in [0, 0.1) is 30.3 Å². The first-order chi connectivity index (χ1) is 12.2. The fourth-order valence-corrected chi connectivity index (χ4v) is 3.49. The molecule has 0 spiro atoms. The van der Waals surface area contributed by atoms with E-state index >= 15 is 0 Å². The maximum Gasteiger partial charge on any atom is 0.324 e. The molecule has 0 amide bonds. The van der Waals surface area contributed by atoms with Crippen LogP contribution in [0.5, 0.6) is 5.75 Å². The van der Waals surface area contributed by atoms with Gasteiger partial charge in [-0.05, 0) is 36.3 Å². The molecule has 3 N–H and O–H groups in total. The summed E-state index contributed by atoms with van der Waals surface area (Å²) in [5.41, 5.74) is 4.29. The van der Waals surface area contributed by atoms with Crippen molar-refractivity contribution >= 4 is 28.4 Å². The summed E-state index contributed by atoms with van der Waals surface area (Å²) in [4.78, 5) is 29.3. The Kier molecular flexibility index (Phi) is 5.79. The summed E-state index contributed by atoms with van der Waals surface area (Å²) in [6.07, 6.45) is 3.69. The van der Waals surface area contributed by atoms with Crippen molar-refractivity contribution in [2.45, 2.75) is 25.3 Å². The lowest BCUT2D eigenvalue weighted by Gasteiger charge is -2.17. The van der Waals surface area contributed by atoms with Crippen molar-refractivity contribution in [2.24, 2.45) is 5.73 Å². The zero-order chi connectivity index (χ0) is 19.4. The van der Waals surface area contributed by atoms with E-state index in [4.69, 9.17) is 10.8 Å². The molecule has 1 aliphatic carbocycles. The highest BCUT2D eigenvalue weighted by molar-refractivity contribution is 7.10. The number of nitro groups is 3. The number of fused-ring (bicyclic) bond motifs is 1. The number of hydrogen-bond donors (Lipinski definition) is 2. The zero-order valence-electron chi connectivity index (χ0n) is 13.2. The largest absolute Gasteiger partial charge is 0.497 e. The number of aryl methyl sites for hydroxylation is 1. The Bertz CT molecular complexity index is 832. The zero-order valence-corrected chi connectivity index (χ0v) is 14.0. The van der Waals surface area contributed by atoms with Gasteiger partial charge in [0.05, 0.1) is 26.9 Å². The summed E-state index contributed by atoms with van der Waals surface area (Å²) < 4.78 is 0. The number of thiophene rings is 1. The van der Waals surface area contributed by atoms with Crippen LogP contribution in [0.4, 0.5) is 17.1 Å². The average molecular weight is 382 g/mol. The van der Waals surface area contributed by atoms with Crippen LogP contribution < -0.4 is 5.73 Å². The van der Waals surface area contributed by atoms with Gasteiger partial charge in [0.2, 0.25) is 0 Å². The van der Waals surface area contributed by atoms with Gasteiger partial charge in [-0.2, -0.15) is 0 Å². The summed E-state index contributed by atoms with van der Waals surface area (Å²) in [6.45, 7) is 0. The third kappa shape index (κ3) is 4.10. The Morgan fingerprint density at radius 2 is 1.65 bits per heavy atom. The number of nitro benzene ring substituents is 3. The van der Waals surface area contributed by atoms with Crippen LogP contribution in [-0.4, -0.2) is 19.9 Å². The number of phenolic OH excluding ortho intramolecular Hbond substituents is 1. The molecule has 0 saturated carbocycles. The van der Waals surface area contributed by atoms with E-state index in [1.54, 1.807) is 0 Å². The van der Waals surface area contributed by atoms with Crippen molar-refractivity contribution in [1.82, 2.24) is 0 Å². The van der Waals surface area contributed by atoms with Crippen molar-refractivity contribution in [2.75, 3.05) is 0 Å². The van der Waals surface area contributed by atoms with Crippen molar-refractivity contribution in [3.63, 3.8) is 0 Å². The van der Waals surface area contributed by atoms with Gasteiger partial charge in [-0.15, -0.1) is 11.3 Å². The van der Waals surface area contributed by atoms with E-state index in [9.17, 15) is 30.3 Å². The van der Waals surface area contributed by atoms with Gasteiger partial charge in [-0.25, -0.2) is 0 Å². The van der Waals surface area contributed by atoms with Gasteiger partial charge in [0, 0.05) is 10.9 Å². The third-order valence-electron chi connectivity index (χ3n) is 3.76. The van der Waals surface area contributed by atoms with Crippen molar-refractivity contribution < 1.29 is 19.9 Å². The lowest BCUT2D eigenvalue weighted by Crippen LogP contribution is -2.14. The highest BCUT2D eigenvalue weighted by Gasteiger charge is 2.30. The number of benzene rings is 1. The van der Waals surface area contributed by atoms with Crippen LogP contribution in [-0.2, 0) is 6.42 Å². The first kappa shape index (κ1) is 19.2. The minimum atomic E-state index is -1.21. The molecular weight excluding hydrogens is 368 g/mol. The van der Waals surface area contributed by atoms with Crippen molar-refractivity contribution in [3.05, 3.63) is 64.4 Å². The average Bonchev–Trinajstić information content (AvgIpc) is 3.05. The number of aromatic hydroxyl groups is 1. The molecule has 11 nitrogen and oxygen atoms in total. The molecule has 0 radical (unpaired) electrons. The van der Waals surface area contributed by atoms with Crippen LogP contribution >= 0.6 is 11.3 Å². The van der Waals surface area contributed by atoms with E-state index in [2.05, 4.69) is 11.4 Å². The standard InChI is InChI=1S/C8H11NS.C6H3N3O7/c9-7-2-1-3-8-6(7)4-5-10-8;10-6-4(8(13)14)1-3(7(11)12)2-5(6)9(15)16/h4-5,7H,1-3,9H2;1-2,10H. The predicted molar refractivity (Wildman–Crippen MR) is 92.3 cm³/mol. The van der Waals surface area contributed by atoms with E-state index in [0.29, 0.717) is 18.2 Å². The van der Waals surface area contributed by atoms with Gasteiger partial charge >= 0.3 is 11.4 Å². The summed E-state index contributed by atoms with van der Waals surface area (Å²) in [5, 5.41) is 42.4. The van der Waals surface area contributed by atoms with Crippen LogP contribution in [0.15, 0.2) is 23.6 Å². The molecule has 0 fully saturated rings. The molecule has 1 aromatic heterocycles. The summed E-state index contributed by atoms with van der Waals surface area (Å²) in [7, 11) is 0. The molecule has 0 saturated heterocycles. The van der Waals surface area contributed by atoms with Crippen LogP contribution in [0.2, 0.25) is 0 Å². The van der Waals surface area contributed by atoms with Gasteiger partial charge in [0.25, 0.3) is 11.4 Å². The van der Waals surface area contributed by atoms with Gasteiger partial charge in [0.15, 0.2) is 0 Å². The lowest BCUT2D eigenvalue weighted by atomic mass is 9.95. The molecule has 0 aliphatic heterocycles. The Labute approximate surface area is 150 Å². The molecule has 3 rings (SSSR count). The fourth-order valence-electron chi connectivity index (χ4n) is 2.50. The summed E-state index contributed by atoms with van der Waals surface area (Å²) >= 11 is 1.85. The van der Waals surface area contributed by atoms with Gasteiger partial charge in [0.1, 0.15) is 0 Å². The molecule has 12 heteroatoms. The SMILES string of the molecule is NC1CCCc2sccc21.O=[N+]([O-])c1cc([N+](=O)[O-])c(O)c([N+](=O)[O-])c1. The lowest BCUT2D eigenvalue weighted by molar-refractivity contribution is -0.404. The Hall–Kier alpha value is -3.12. The molecule has 0 bridgehead atoms. The molecule has 1 heterocycles. The Balaban J connectivity index is 0.000000206. The number of phenols is 1. The highest BCUT2D eigenvalue weighted by Crippen LogP contribution is 2.39.